The Balaban J connectivity index is 1.73. The number of quaternary nitrogens is 2. The summed E-state index contributed by atoms with van der Waals surface area (Å²) in [5.41, 5.74) is 1.29. The fourth-order valence-corrected chi connectivity index (χ4v) is 3.06. The third-order valence-electron chi connectivity index (χ3n) is 4.52. The van der Waals surface area contributed by atoms with Crippen LogP contribution in [0.15, 0.2) is 24.3 Å². The molecule has 6 nitrogen and oxygen atoms in total. The zero-order valence-electron chi connectivity index (χ0n) is 14.4. The normalized spacial score (nSPS) is 20.5. The minimum absolute atomic E-state index is 0.0229. The third-order valence-corrected chi connectivity index (χ3v) is 4.77. The van der Waals surface area contributed by atoms with Gasteiger partial charge in [-0.2, -0.15) is 0 Å². The fourth-order valence-electron chi connectivity index (χ4n) is 2.93. The molecule has 0 radical (unpaired) electrons. The Labute approximate surface area is 148 Å². The van der Waals surface area contributed by atoms with Crippen LogP contribution in [0.3, 0.4) is 0 Å². The van der Waals surface area contributed by atoms with Crippen molar-refractivity contribution in [3.8, 4) is 0 Å². The molecular weight excluding hydrogens is 328 g/mol. The number of halogens is 1. The van der Waals surface area contributed by atoms with Crippen LogP contribution in [0.2, 0.25) is 5.02 Å². The van der Waals surface area contributed by atoms with Gasteiger partial charge < -0.3 is 20.0 Å². The minimum Gasteiger partial charge on any atom is -0.358 e. The van der Waals surface area contributed by atoms with Gasteiger partial charge in [0.15, 0.2) is 6.54 Å². The molecule has 1 aromatic carbocycles. The number of carbonyl (C=O) groups excluding carboxylic acids is 2. The van der Waals surface area contributed by atoms with E-state index in [0.717, 1.165) is 37.7 Å². The molecule has 0 aliphatic carbocycles. The van der Waals surface area contributed by atoms with Crippen molar-refractivity contribution in [3.63, 3.8) is 0 Å². The van der Waals surface area contributed by atoms with E-state index < -0.39 is 0 Å². The predicted octanol–water partition coefficient (Wildman–Crippen LogP) is -2.17. The van der Waals surface area contributed by atoms with Crippen molar-refractivity contribution >= 4 is 23.4 Å². The third kappa shape index (κ3) is 5.78. The van der Waals surface area contributed by atoms with Crippen LogP contribution in [0, 0.1) is 0 Å². The van der Waals surface area contributed by atoms with Gasteiger partial charge in [-0.15, -0.1) is 0 Å². The molecule has 3 N–H and O–H groups in total. The van der Waals surface area contributed by atoms with Gasteiger partial charge in [-0.1, -0.05) is 23.7 Å². The van der Waals surface area contributed by atoms with Gasteiger partial charge in [-0.05, 0) is 12.1 Å². The van der Waals surface area contributed by atoms with E-state index in [1.807, 2.05) is 12.1 Å². The highest BCUT2D eigenvalue weighted by Crippen LogP contribution is 2.08. The van der Waals surface area contributed by atoms with Gasteiger partial charge in [0.2, 0.25) is 5.91 Å². The van der Waals surface area contributed by atoms with Crippen LogP contribution in [-0.4, -0.2) is 70.1 Å². The van der Waals surface area contributed by atoms with Crippen LogP contribution in [-0.2, 0) is 16.1 Å². The quantitative estimate of drug-likeness (QED) is 0.544. The number of likely N-dealkylation sites (N-methyl/N-ethyl adjacent to an activating group) is 2. The molecule has 0 aromatic heterocycles. The predicted molar refractivity (Wildman–Crippen MR) is 93.1 cm³/mol. The lowest BCUT2D eigenvalue weighted by Gasteiger charge is -2.30. The summed E-state index contributed by atoms with van der Waals surface area (Å²) in [6.45, 7) is 5.62. The molecule has 0 atom stereocenters. The molecule has 0 saturated carbocycles. The Morgan fingerprint density at radius 3 is 2.29 bits per heavy atom. The van der Waals surface area contributed by atoms with Gasteiger partial charge in [0.1, 0.15) is 32.7 Å². The molecule has 7 heteroatoms. The van der Waals surface area contributed by atoms with Crippen LogP contribution in [0.5, 0.6) is 0 Å². The zero-order valence-corrected chi connectivity index (χ0v) is 15.2. The molecule has 1 aliphatic heterocycles. The van der Waals surface area contributed by atoms with Gasteiger partial charge in [-0.3, -0.25) is 9.59 Å². The fraction of sp³-hybridized carbons (Fsp3) is 0.529. The maximum atomic E-state index is 12.2. The zero-order chi connectivity index (χ0) is 17.5. The van der Waals surface area contributed by atoms with Crippen LogP contribution < -0.4 is 15.1 Å². The Morgan fingerprint density at radius 1 is 1.12 bits per heavy atom. The number of carbonyl (C=O) groups is 2. The van der Waals surface area contributed by atoms with E-state index in [1.165, 1.54) is 20.3 Å². The van der Waals surface area contributed by atoms with E-state index in [-0.39, 0.29) is 18.4 Å². The molecule has 132 valence electrons. The van der Waals surface area contributed by atoms with Crippen molar-refractivity contribution in [2.24, 2.45) is 0 Å². The molecule has 0 spiro atoms. The first-order valence-corrected chi connectivity index (χ1v) is 8.72. The van der Waals surface area contributed by atoms with E-state index in [1.54, 1.807) is 14.1 Å². The second-order valence-corrected chi connectivity index (χ2v) is 6.84. The van der Waals surface area contributed by atoms with Crippen LogP contribution in [0.4, 0.5) is 0 Å². The summed E-state index contributed by atoms with van der Waals surface area (Å²) < 4.78 is 0. The first-order valence-electron chi connectivity index (χ1n) is 8.34. The van der Waals surface area contributed by atoms with Gasteiger partial charge in [0.05, 0.1) is 6.54 Å². The summed E-state index contributed by atoms with van der Waals surface area (Å²) in [5.74, 6) is -0.118. The maximum absolute atomic E-state index is 12.2. The standard InChI is InChI=1S/C17H25ClN4O2/c1-19-16(23)12-20(2)17(24)13-22-9-7-21(8-10-22)11-14-3-5-15(18)6-4-14/h3-6H,7-13H2,1-2H3,(H,19,23)/p+2. The van der Waals surface area contributed by atoms with E-state index in [4.69, 9.17) is 11.6 Å². The molecule has 0 bridgehead atoms. The van der Waals surface area contributed by atoms with Crippen molar-refractivity contribution in [1.29, 1.82) is 0 Å². The molecule has 24 heavy (non-hydrogen) atoms. The topological polar surface area (TPSA) is 58.3 Å². The lowest BCUT2D eigenvalue weighted by Crippen LogP contribution is -3.28. The number of benzene rings is 1. The van der Waals surface area contributed by atoms with Gasteiger partial charge in [0, 0.05) is 24.7 Å². The van der Waals surface area contributed by atoms with E-state index >= 15 is 0 Å². The largest absolute Gasteiger partial charge is 0.358 e. The molecule has 1 saturated heterocycles. The number of hydrogen-bond donors (Lipinski definition) is 3. The molecule has 1 heterocycles. The lowest BCUT2D eigenvalue weighted by molar-refractivity contribution is -1.02. The minimum atomic E-state index is -0.141. The van der Waals surface area contributed by atoms with E-state index in [2.05, 4.69) is 17.4 Å². The van der Waals surface area contributed by atoms with Crippen molar-refractivity contribution in [2.75, 3.05) is 53.4 Å². The SMILES string of the molecule is CNC(=O)CN(C)C(=O)C[NH+]1CC[NH+](Cc2ccc(Cl)cc2)CC1. The number of piperazine rings is 1. The van der Waals surface area contributed by atoms with E-state index in [9.17, 15) is 9.59 Å². The second kappa shape index (κ2) is 9.01. The van der Waals surface area contributed by atoms with Gasteiger partial charge in [-0.25, -0.2) is 0 Å². The van der Waals surface area contributed by atoms with Crippen molar-refractivity contribution < 1.29 is 19.4 Å². The Kier molecular flexibility index (Phi) is 7.02. The highest BCUT2D eigenvalue weighted by atomic mass is 35.5. The Morgan fingerprint density at radius 2 is 1.71 bits per heavy atom. The first-order chi connectivity index (χ1) is 11.5. The average molecular weight is 355 g/mol. The summed E-state index contributed by atoms with van der Waals surface area (Å²) in [6.07, 6.45) is 0. The average Bonchev–Trinajstić information content (AvgIpc) is 2.58. The molecule has 2 rings (SSSR count). The summed E-state index contributed by atoms with van der Waals surface area (Å²) in [7, 11) is 3.26. The van der Waals surface area contributed by atoms with Gasteiger partial charge >= 0.3 is 0 Å². The lowest BCUT2D eigenvalue weighted by atomic mass is 10.2. The number of hydrogen-bond acceptors (Lipinski definition) is 2. The molecular formula is C17H27ClN4O2+2. The van der Waals surface area contributed by atoms with Gasteiger partial charge in [0.25, 0.3) is 5.91 Å². The van der Waals surface area contributed by atoms with Crippen molar-refractivity contribution in [1.82, 2.24) is 10.2 Å². The molecule has 1 aliphatic rings. The molecule has 0 unspecified atom stereocenters. The van der Waals surface area contributed by atoms with E-state index in [0.29, 0.717) is 6.54 Å². The summed E-state index contributed by atoms with van der Waals surface area (Å²) >= 11 is 5.92. The highest BCUT2D eigenvalue weighted by molar-refractivity contribution is 6.30. The highest BCUT2D eigenvalue weighted by Gasteiger charge is 2.26. The first kappa shape index (κ1) is 18.7. The van der Waals surface area contributed by atoms with Crippen molar-refractivity contribution in [2.45, 2.75) is 6.54 Å². The number of rotatable bonds is 6. The summed E-state index contributed by atoms with van der Waals surface area (Å²) in [6, 6.07) is 8.01. The maximum Gasteiger partial charge on any atom is 0.277 e. The van der Waals surface area contributed by atoms with Crippen molar-refractivity contribution in [3.05, 3.63) is 34.9 Å². The Hall–Kier alpha value is -1.63. The molecule has 2 amide bonds. The van der Waals surface area contributed by atoms with Crippen LogP contribution in [0.1, 0.15) is 5.56 Å². The van der Waals surface area contributed by atoms with Crippen LogP contribution in [0.25, 0.3) is 0 Å². The number of amides is 2. The Bertz CT molecular complexity index is 556. The molecule has 1 fully saturated rings. The summed E-state index contributed by atoms with van der Waals surface area (Å²) in [4.78, 5) is 27.8. The number of nitrogens with zero attached hydrogens (tertiary/aromatic N) is 1. The van der Waals surface area contributed by atoms with Crippen LogP contribution >= 0.6 is 11.6 Å². The second-order valence-electron chi connectivity index (χ2n) is 6.40. The monoisotopic (exact) mass is 354 g/mol. The smallest absolute Gasteiger partial charge is 0.277 e. The molecule has 1 aromatic rings. The summed E-state index contributed by atoms with van der Waals surface area (Å²) in [5, 5.41) is 3.30. The number of nitrogens with one attached hydrogen (secondary N) is 3.